The number of ether oxygens (including phenoxy) is 2. The number of hydrogen-bond acceptors (Lipinski definition) is 7. The van der Waals surface area contributed by atoms with Crippen LogP contribution in [0.25, 0.3) is 0 Å². The summed E-state index contributed by atoms with van der Waals surface area (Å²) in [5.74, 6) is 1.69. The number of hydrogen-bond donors (Lipinski definition) is 1. The summed E-state index contributed by atoms with van der Waals surface area (Å²) in [6.45, 7) is 0.0668. The number of benzene rings is 1. The summed E-state index contributed by atoms with van der Waals surface area (Å²) in [5.41, 5.74) is 0. The van der Waals surface area contributed by atoms with Crippen LogP contribution in [0.4, 0.5) is 0 Å². The summed E-state index contributed by atoms with van der Waals surface area (Å²) in [6.07, 6.45) is 1.42. The van der Waals surface area contributed by atoms with E-state index in [0.29, 0.717) is 22.6 Å². The number of rotatable bonds is 5. The molecule has 2 heterocycles. The number of fused-ring (bicyclic) bond motifs is 1. The molecule has 1 N–H and O–H groups in total. The highest BCUT2D eigenvalue weighted by atomic mass is 32.2. The quantitative estimate of drug-likeness (QED) is 0.788. The van der Waals surface area contributed by atoms with Crippen LogP contribution in [0, 0.1) is 0 Å². The van der Waals surface area contributed by atoms with E-state index in [9.17, 15) is 9.59 Å². The van der Waals surface area contributed by atoms with Crippen molar-refractivity contribution in [1.82, 2.24) is 20.1 Å². The SMILES string of the molecule is Cn1c(SCC(=O)NC(=O)C2COc3ccccc3O2)nnc1C1CC1. The van der Waals surface area contributed by atoms with Crippen LogP contribution in [0.2, 0.25) is 0 Å². The van der Waals surface area contributed by atoms with Crippen LogP contribution >= 0.6 is 11.8 Å². The molecule has 1 aliphatic carbocycles. The summed E-state index contributed by atoms with van der Waals surface area (Å²) in [4.78, 5) is 24.3. The standard InChI is InChI=1S/C17H18N4O4S/c1-21-15(10-6-7-10)19-20-17(21)26-9-14(22)18-16(23)13-8-24-11-4-2-3-5-12(11)25-13/h2-5,10,13H,6-9H2,1H3,(H,18,22,23). The number of amides is 2. The van der Waals surface area contributed by atoms with Crippen LogP contribution < -0.4 is 14.8 Å². The van der Waals surface area contributed by atoms with Crippen molar-refractivity contribution in [2.24, 2.45) is 7.05 Å². The third kappa shape index (κ3) is 3.52. The number of carbonyl (C=O) groups is 2. The van der Waals surface area contributed by atoms with Gasteiger partial charge in [-0.15, -0.1) is 10.2 Å². The molecule has 1 aliphatic heterocycles. The van der Waals surface area contributed by atoms with Crippen LogP contribution in [-0.2, 0) is 16.6 Å². The van der Waals surface area contributed by atoms with Gasteiger partial charge in [0.05, 0.1) is 5.75 Å². The molecular weight excluding hydrogens is 356 g/mol. The molecule has 1 aromatic heterocycles. The third-order valence-corrected chi connectivity index (χ3v) is 5.23. The van der Waals surface area contributed by atoms with E-state index >= 15 is 0 Å². The first-order valence-corrected chi connectivity index (χ1v) is 9.34. The Balaban J connectivity index is 1.29. The molecule has 2 amide bonds. The Labute approximate surface area is 154 Å². The van der Waals surface area contributed by atoms with Crippen LogP contribution in [-0.4, -0.2) is 45.0 Å². The van der Waals surface area contributed by atoms with Gasteiger partial charge >= 0.3 is 0 Å². The van der Waals surface area contributed by atoms with Gasteiger partial charge in [-0.05, 0) is 25.0 Å². The zero-order valence-corrected chi connectivity index (χ0v) is 15.0. The number of imide groups is 1. The topological polar surface area (TPSA) is 95.3 Å². The number of nitrogens with zero attached hydrogens (tertiary/aromatic N) is 3. The van der Waals surface area contributed by atoms with Gasteiger partial charge in [-0.25, -0.2) is 0 Å². The molecule has 8 nitrogen and oxygen atoms in total. The molecular formula is C17H18N4O4S. The van der Waals surface area contributed by atoms with Crippen LogP contribution in [0.3, 0.4) is 0 Å². The lowest BCUT2D eigenvalue weighted by Crippen LogP contribution is -2.46. The summed E-state index contributed by atoms with van der Waals surface area (Å²) in [7, 11) is 1.89. The smallest absolute Gasteiger partial charge is 0.271 e. The molecule has 9 heteroatoms. The van der Waals surface area contributed by atoms with E-state index in [2.05, 4.69) is 15.5 Å². The third-order valence-electron chi connectivity index (χ3n) is 4.21. The van der Waals surface area contributed by atoms with E-state index in [1.807, 2.05) is 17.7 Å². The van der Waals surface area contributed by atoms with Crippen molar-refractivity contribution >= 4 is 23.6 Å². The Morgan fingerprint density at radius 1 is 1.27 bits per heavy atom. The van der Waals surface area contributed by atoms with E-state index in [-0.39, 0.29) is 12.4 Å². The molecule has 1 saturated carbocycles. The second-order valence-electron chi connectivity index (χ2n) is 6.24. The minimum Gasteiger partial charge on any atom is -0.485 e. The van der Waals surface area contributed by atoms with Gasteiger partial charge in [-0.1, -0.05) is 23.9 Å². The van der Waals surface area contributed by atoms with Crippen molar-refractivity contribution in [3.05, 3.63) is 30.1 Å². The van der Waals surface area contributed by atoms with Gasteiger partial charge in [-0.2, -0.15) is 0 Å². The molecule has 0 radical (unpaired) electrons. The Morgan fingerprint density at radius 2 is 2.04 bits per heavy atom. The molecule has 0 bridgehead atoms. The van der Waals surface area contributed by atoms with Gasteiger partial charge in [-0.3, -0.25) is 14.9 Å². The number of para-hydroxylation sites is 2. The average molecular weight is 374 g/mol. The normalized spacial score (nSPS) is 18.4. The predicted molar refractivity (Wildman–Crippen MR) is 93.2 cm³/mol. The van der Waals surface area contributed by atoms with Crippen LogP contribution in [0.5, 0.6) is 11.5 Å². The van der Waals surface area contributed by atoms with Crippen molar-refractivity contribution in [2.75, 3.05) is 12.4 Å². The maximum absolute atomic E-state index is 12.2. The van der Waals surface area contributed by atoms with Crippen molar-refractivity contribution in [1.29, 1.82) is 0 Å². The minimum absolute atomic E-state index is 0.0668. The van der Waals surface area contributed by atoms with Gasteiger partial charge in [0.1, 0.15) is 12.4 Å². The molecule has 0 spiro atoms. The molecule has 2 aromatic rings. The van der Waals surface area contributed by atoms with E-state index in [1.165, 1.54) is 11.8 Å². The fourth-order valence-corrected chi connectivity index (χ4v) is 3.40. The summed E-state index contributed by atoms with van der Waals surface area (Å²) in [5, 5.41) is 11.3. The number of thioether (sulfide) groups is 1. The van der Waals surface area contributed by atoms with Gasteiger partial charge in [0.15, 0.2) is 16.7 Å². The van der Waals surface area contributed by atoms with Crippen molar-refractivity contribution < 1.29 is 19.1 Å². The largest absolute Gasteiger partial charge is 0.485 e. The van der Waals surface area contributed by atoms with E-state index in [1.54, 1.807) is 18.2 Å². The van der Waals surface area contributed by atoms with Gasteiger partial charge in [0.2, 0.25) is 12.0 Å². The van der Waals surface area contributed by atoms with Crippen molar-refractivity contribution in [3.8, 4) is 11.5 Å². The number of carbonyl (C=O) groups excluding carboxylic acids is 2. The molecule has 1 unspecified atom stereocenters. The first-order valence-electron chi connectivity index (χ1n) is 8.36. The Morgan fingerprint density at radius 3 is 2.81 bits per heavy atom. The van der Waals surface area contributed by atoms with Gasteiger partial charge < -0.3 is 14.0 Å². The molecule has 136 valence electrons. The Hall–Kier alpha value is -2.55. The lowest BCUT2D eigenvalue weighted by atomic mass is 10.2. The first-order chi connectivity index (χ1) is 12.6. The summed E-state index contributed by atoms with van der Waals surface area (Å²) in [6, 6.07) is 7.10. The monoisotopic (exact) mass is 374 g/mol. The highest BCUT2D eigenvalue weighted by molar-refractivity contribution is 7.99. The fraction of sp³-hybridized carbons (Fsp3) is 0.412. The molecule has 1 aromatic carbocycles. The lowest BCUT2D eigenvalue weighted by molar-refractivity contribution is -0.135. The predicted octanol–water partition coefficient (Wildman–Crippen LogP) is 1.27. The van der Waals surface area contributed by atoms with Gasteiger partial charge in [0, 0.05) is 13.0 Å². The Kier molecular flexibility index (Phi) is 4.54. The molecule has 4 rings (SSSR count). The lowest BCUT2D eigenvalue weighted by Gasteiger charge is -2.25. The van der Waals surface area contributed by atoms with Crippen LogP contribution in [0.1, 0.15) is 24.6 Å². The maximum atomic E-state index is 12.2. The molecule has 1 atom stereocenters. The highest BCUT2D eigenvalue weighted by Gasteiger charge is 2.30. The number of aromatic nitrogens is 3. The van der Waals surface area contributed by atoms with E-state index < -0.39 is 17.9 Å². The Bertz CT molecular complexity index is 849. The van der Waals surface area contributed by atoms with Crippen molar-refractivity contribution in [3.63, 3.8) is 0 Å². The first kappa shape index (κ1) is 16.9. The summed E-state index contributed by atoms with van der Waals surface area (Å²) >= 11 is 1.25. The molecule has 26 heavy (non-hydrogen) atoms. The van der Waals surface area contributed by atoms with Gasteiger partial charge in [0.25, 0.3) is 5.91 Å². The number of nitrogens with one attached hydrogen (secondary N) is 1. The van der Waals surface area contributed by atoms with Crippen molar-refractivity contribution in [2.45, 2.75) is 30.0 Å². The van der Waals surface area contributed by atoms with Crippen LogP contribution in [0.15, 0.2) is 29.4 Å². The zero-order chi connectivity index (χ0) is 18.1. The fourth-order valence-electron chi connectivity index (χ4n) is 2.68. The highest BCUT2D eigenvalue weighted by Crippen LogP contribution is 2.39. The summed E-state index contributed by atoms with van der Waals surface area (Å²) < 4.78 is 13.0. The molecule has 1 fully saturated rings. The van der Waals surface area contributed by atoms with E-state index in [4.69, 9.17) is 9.47 Å². The van der Waals surface area contributed by atoms with E-state index in [0.717, 1.165) is 18.7 Å². The molecule has 2 aliphatic rings. The maximum Gasteiger partial charge on any atom is 0.271 e. The second kappa shape index (κ2) is 6.99. The molecule has 0 saturated heterocycles. The zero-order valence-electron chi connectivity index (χ0n) is 14.2. The minimum atomic E-state index is -0.852. The second-order valence-corrected chi connectivity index (χ2v) is 7.18. The average Bonchev–Trinajstić information content (AvgIpc) is 3.43.